The first kappa shape index (κ1) is 14.5. The van der Waals surface area contributed by atoms with Gasteiger partial charge in [0.15, 0.2) is 0 Å². The van der Waals surface area contributed by atoms with Crippen LogP contribution in [0.25, 0.3) is 0 Å². The molecule has 2 rings (SSSR count). The van der Waals surface area contributed by atoms with Crippen molar-refractivity contribution in [2.24, 2.45) is 5.73 Å². The fraction of sp³-hybridized carbons (Fsp3) is 0.467. The largest absolute Gasteiger partial charge is 0.369 e. The Morgan fingerprint density at radius 2 is 1.85 bits per heavy atom. The van der Waals surface area contributed by atoms with Gasteiger partial charge in [-0.05, 0) is 25.5 Å². The Hall–Kier alpha value is -1.88. The lowest BCUT2D eigenvalue weighted by Crippen LogP contribution is -2.43. The van der Waals surface area contributed by atoms with Gasteiger partial charge in [0.25, 0.3) is 0 Å². The Balaban J connectivity index is 2.23. The van der Waals surface area contributed by atoms with E-state index >= 15 is 0 Å². The second-order valence-corrected chi connectivity index (χ2v) is 5.23. The van der Waals surface area contributed by atoms with Crippen LogP contribution in [0, 0.1) is 0 Å². The molecule has 1 aliphatic heterocycles. The van der Waals surface area contributed by atoms with Gasteiger partial charge in [-0.25, -0.2) is 0 Å². The van der Waals surface area contributed by atoms with Crippen molar-refractivity contribution in [3.05, 3.63) is 35.9 Å². The fourth-order valence-corrected chi connectivity index (χ4v) is 2.67. The maximum absolute atomic E-state index is 12.7. The maximum atomic E-state index is 12.7. The van der Waals surface area contributed by atoms with Crippen molar-refractivity contribution in [2.45, 2.75) is 18.9 Å². The van der Waals surface area contributed by atoms with Gasteiger partial charge in [0, 0.05) is 13.1 Å². The summed E-state index contributed by atoms with van der Waals surface area (Å²) in [4.78, 5) is 27.4. The number of carbonyl (C=O) groups excluding carboxylic acids is 2. The second-order valence-electron chi connectivity index (χ2n) is 5.23. The number of nitrogens with zero attached hydrogens (tertiary/aromatic N) is 2. The lowest BCUT2D eigenvalue weighted by atomic mass is 10.0. The van der Waals surface area contributed by atoms with Gasteiger partial charge in [-0.3, -0.25) is 14.5 Å². The molecular weight excluding hydrogens is 254 g/mol. The van der Waals surface area contributed by atoms with E-state index < -0.39 is 11.9 Å². The number of hydrogen-bond donors (Lipinski definition) is 1. The first-order valence-electron chi connectivity index (χ1n) is 6.92. The van der Waals surface area contributed by atoms with Gasteiger partial charge in [0.2, 0.25) is 11.8 Å². The number of benzene rings is 1. The second kappa shape index (κ2) is 6.52. The molecule has 108 valence electrons. The van der Waals surface area contributed by atoms with Crippen molar-refractivity contribution in [1.82, 2.24) is 9.80 Å². The molecule has 2 amide bonds. The van der Waals surface area contributed by atoms with Gasteiger partial charge >= 0.3 is 0 Å². The quantitative estimate of drug-likeness (QED) is 0.863. The molecule has 1 fully saturated rings. The molecule has 1 aromatic rings. The van der Waals surface area contributed by atoms with Crippen LogP contribution >= 0.6 is 0 Å². The van der Waals surface area contributed by atoms with E-state index in [-0.39, 0.29) is 12.5 Å². The topological polar surface area (TPSA) is 66.6 Å². The van der Waals surface area contributed by atoms with Crippen LogP contribution < -0.4 is 5.73 Å². The first-order chi connectivity index (χ1) is 9.59. The molecule has 5 heteroatoms. The van der Waals surface area contributed by atoms with E-state index in [9.17, 15) is 9.59 Å². The van der Waals surface area contributed by atoms with Crippen LogP contribution in [-0.2, 0) is 9.59 Å². The number of primary amides is 1. The summed E-state index contributed by atoms with van der Waals surface area (Å²) < 4.78 is 0. The van der Waals surface area contributed by atoms with Gasteiger partial charge in [-0.1, -0.05) is 30.3 Å². The van der Waals surface area contributed by atoms with Crippen LogP contribution in [0.5, 0.6) is 0 Å². The van der Waals surface area contributed by atoms with Crippen LogP contribution in [0.15, 0.2) is 30.3 Å². The Labute approximate surface area is 119 Å². The highest BCUT2D eigenvalue weighted by atomic mass is 16.2. The molecule has 1 aromatic carbocycles. The molecule has 0 saturated carbocycles. The summed E-state index contributed by atoms with van der Waals surface area (Å²) in [7, 11) is 1.76. The molecule has 1 atom stereocenters. The lowest BCUT2D eigenvalue weighted by molar-refractivity contribution is -0.136. The SMILES string of the molecule is CN(CC(N)=O)[C@H](C(=O)N1CCCC1)c1ccccc1. The van der Waals surface area contributed by atoms with E-state index in [0.717, 1.165) is 31.5 Å². The minimum Gasteiger partial charge on any atom is -0.369 e. The molecule has 1 heterocycles. The standard InChI is InChI=1S/C15H21N3O2/c1-17(11-13(16)19)14(12-7-3-2-4-8-12)15(20)18-9-5-6-10-18/h2-4,7-8,14H,5-6,9-11H2,1H3,(H2,16,19)/t14-/m0/s1. The average Bonchev–Trinajstić information content (AvgIpc) is 2.93. The number of carbonyl (C=O) groups is 2. The third-order valence-electron chi connectivity index (χ3n) is 3.61. The Morgan fingerprint density at radius 3 is 2.40 bits per heavy atom. The predicted molar refractivity (Wildman–Crippen MR) is 76.8 cm³/mol. The zero-order chi connectivity index (χ0) is 14.5. The minimum absolute atomic E-state index is 0.0532. The average molecular weight is 275 g/mol. The van der Waals surface area contributed by atoms with E-state index in [2.05, 4.69) is 0 Å². The monoisotopic (exact) mass is 275 g/mol. The van der Waals surface area contributed by atoms with E-state index in [4.69, 9.17) is 5.73 Å². The van der Waals surface area contributed by atoms with Gasteiger partial charge in [-0.2, -0.15) is 0 Å². The molecule has 2 N–H and O–H groups in total. The van der Waals surface area contributed by atoms with E-state index in [1.54, 1.807) is 11.9 Å². The molecule has 0 aliphatic carbocycles. The number of hydrogen-bond acceptors (Lipinski definition) is 3. The summed E-state index contributed by atoms with van der Waals surface area (Å²) in [6.45, 7) is 1.66. The summed E-state index contributed by atoms with van der Waals surface area (Å²) in [5.41, 5.74) is 6.15. The minimum atomic E-state index is -0.443. The highest BCUT2D eigenvalue weighted by molar-refractivity contribution is 5.84. The van der Waals surface area contributed by atoms with Crippen molar-refractivity contribution < 1.29 is 9.59 Å². The first-order valence-corrected chi connectivity index (χ1v) is 6.92. The molecule has 5 nitrogen and oxygen atoms in total. The summed E-state index contributed by atoms with van der Waals surface area (Å²) in [6.07, 6.45) is 2.10. The number of likely N-dealkylation sites (tertiary alicyclic amines) is 1. The van der Waals surface area contributed by atoms with Crippen LogP contribution in [0.1, 0.15) is 24.4 Å². The Bertz CT molecular complexity index is 469. The number of rotatable bonds is 5. The molecule has 0 spiro atoms. The van der Waals surface area contributed by atoms with E-state index in [1.165, 1.54) is 0 Å². The number of likely N-dealkylation sites (N-methyl/N-ethyl adjacent to an activating group) is 1. The third-order valence-corrected chi connectivity index (χ3v) is 3.61. The zero-order valence-corrected chi connectivity index (χ0v) is 11.8. The van der Waals surface area contributed by atoms with E-state index in [1.807, 2.05) is 35.2 Å². The highest BCUT2D eigenvalue weighted by Crippen LogP contribution is 2.23. The molecule has 1 saturated heterocycles. The molecule has 20 heavy (non-hydrogen) atoms. The Morgan fingerprint density at radius 1 is 1.25 bits per heavy atom. The molecule has 1 aliphatic rings. The van der Waals surface area contributed by atoms with Crippen molar-refractivity contribution in [2.75, 3.05) is 26.7 Å². The number of amides is 2. The van der Waals surface area contributed by atoms with Crippen molar-refractivity contribution in [3.8, 4) is 0 Å². The van der Waals surface area contributed by atoms with E-state index in [0.29, 0.717) is 0 Å². The van der Waals surface area contributed by atoms with Crippen LogP contribution in [0.4, 0.5) is 0 Å². The predicted octanol–water partition coefficient (Wildman–Crippen LogP) is 0.767. The van der Waals surface area contributed by atoms with Crippen LogP contribution in [0.2, 0.25) is 0 Å². The normalized spacial score (nSPS) is 16.4. The maximum Gasteiger partial charge on any atom is 0.244 e. The lowest BCUT2D eigenvalue weighted by Gasteiger charge is -2.30. The molecule has 0 radical (unpaired) electrons. The Kier molecular flexibility index (Phi) is 4.74. The van der Waals surface area contributed by atoms with Crippen LogP contribution in [0.3, 0.4) is 0 Å². The van der Waals surface area contributed by atoms with Crippen molar-refractivity contribution in [3.63, 3.8) is 0 Å². The van der Waals surface area contributed by atoms with Crippen molar-refractivity contribution in [1.29, 1.82) is 0 Å². The summed E-state index contributed by atoms with van der Waals surface area (Å²) in [6, 6.07) is 9.10. The van der Waals surface area contributed by atoms with Gasteiger partial charge in [0.05, 0.1) is 6.54 Å². The summed E-state index contributed by atoms with van der Waals surface area (Å²) >= 11 is 0. The van der Waals surface area contributed by atoms with Crippen molar-refractivity contribution >= 4 is 11.8 Å². The molecule has 0 aromatic heterocycles. The molecule has 0 unspecified atom stereocenters. The van der Waals surface area contributed by atoms with Gasteiger partial charge < -0.3 is 10.6 Å². The third kappa shape index (κ3) is 3.36. The van der Waals surface area contributed by atoms with Gasteiger partial charge in [-0.15, -0.1) is 0 Å². The van der Waals surface area contributed by atoms with Gasteiger partial charge in [0.1, 0.15) is 6.04 Å². The molecule has 0 bridgehead atoms. The zero-order valence-electron chi connectivity index (χ0n) is 11.8. The summed E-state index contributed by atoms with van der Waals surface area (Å²) in [5.74, 6) is -0.375. The summed E-state index contributed by atoms with van der Waals surface area (Å²) in [5, 5.41) is 0. The number of nitrogens with two attached hydrogens (primary N) is 1. The molecular formula is C15H21N3O2. The highest BCUT2D eigenvalue weighted by Gasteiger charge is 2.31. The fourth-order valence-electron chi connectivity index (χ4n) is 2.67. The van der Waals surface area contributed by atoms with Crippen LogP contribution in [-0.4, -0.2) is 48.3 Å². The smallest absolute Gasteiger partial charge is 0.244 e.